The highest BCUT2D eigenvalue weighted by molar-refractivity contribution is 7.87. The van der Waals surface area contributed by atoms with Gasteiger partial charge in [-0.3, -0.25) is 4.18 Å². The number of carbonyl (C=O) groups excluding carboxylic acids is 1. The molecule has 1 saturated heterocycles. The van der Waals surface area contributed by atoms with Crippen molar-refractivity contribution in [1.29, 1.82) is 0 Å². The molecule has 3 aromatic carbocycles. The molecule has 0 aromatic heterocycles. The molecule has 238 valence electrons. The first-order valence-electron chi connectivity index (χ1n) is 13.7. The number of carbonyl (C=O) groups is 1. The number of aryl methyl sites for hydroxylation is 1. The Morgan fingerprint density at radius 2 is 1.50 bits per heavy atom. The van der Waals surface area contributed by atoms with Crippen LogP contribution in [0.3, 0.4) is 0 Å². The minimum atomic E-state index is -6.09. The predicted octanol–water partition coefficient (Wildman–Crippen LogP) is 5.32. The fourth-order valence-corrected chi connectivity index (χ4v) is 5.28. The summed E-state index contributed by atoms with van der Waals surface area (Å²) in [6, 6.07) is 24.5. The fourth-order valence-electron chi connectivity index (χ4n) is 4.69. The standard InChI is InChI=1S/C31H33F3O9S/c1-22-13-15-25(16-14-22)28(35)40-18-17-30(21-39-19-23-9-5-3-6-10-23)27(41-20-24-11-7-4-8-12-24)26(29(38-2)42-30)43-44(36,37)31(32,33)34/h3-16,26-27,29H,17-21H2,1-2H3/t26-,27-,29?,30+/m0/s1. The number of hydrogen-bond donors (Lipinski definition) is 0. The Morgan fingerprint density at radius 1 is 0.909 bits per heavy atom. The number of benzene rings is 3. The van der Waals surface area contributed by atoms with E-state index >= 15 is 0 Å². The van der Waals surface area contributed by atoms with Crippen molar-refractivity contribution in [2.75, 3.05) is 20.3 Å². The lowest BCUT2D eigenvalue weighted by molar-refractivity contribution is -0.201. The van der Waals surface area contributed by atoms with E-state index in [1.165, 1.54) is 0 Å². The molecule has 0 aliphatic carbocycles. The van der Waals surface area contributed by atoms with Gasteiger partial charge in [-0.25, -0.2) is 4.79 Å². The Labute approximate surface area is 253 Å². The molecule has 0 amide bonds. The van der Waals surface area contributed by atoms with Crippen molar-refractivity contribution in [3.63, 3.8) is 0 Å². The molecule has 1 aliphatic heterocycles. The second-order valence-electron chi connectivity index (χ2n) is 10.2. The van der Waals surface area contributed by atoms with Gasteiger partial charge in [0.2, 0.25) is 0 Å². The molecular weight excluding hydrogens is 605 g/mol. The van der Waals surface area contributed by atoms with Crippen LogP contribution in [0.25, 0.3) is 0 Å². The van der Waals surface area contributed by atoms with Crippen LogP contribution in [0, 0.1) is 6.92 Å². The van der Waals surface area contributed by atoms with Crippen LogP contribution < -0.4 is 0 Å². The van der Waals surface area contributed by atoms with E-state index in [-0.39, 0.29) is 32.8 Å². The van der Waals surface area contributed by atoms with Gasteiger partial charge in [0.05, 0.1) is 32.0 Å². The van der Waals surface area contributed by atoms with Crippen LogP contribution in [0.2, 0.25) is 0 Å². The predicted molar refractivity (Wildman–Crippen MR) is 152 cm³/mol. The molecule has 1 unspecified atom stereocenters. The van der Waals surface area contributed by atoms with Crippen molar-refractivity contribution < 1.29 is 54.3 Å². The van der Waals surface area contributed by atoms with Crippen LogP contribution in [0.5, 0.6) is 0 Å². The number of esters is 1. The number of halogens is 3. The maximum atomic E-state index is 13.4. The first-order valence-corrected chi connectivity index (χ1v) is 15.1. The normalized spacial score (nSPS) is 22.2. The van der Waals surface area contributed by atoms with Crippen molar-refractivity contribution in [3.05, 3.63) is 107 Å². The van der Waals surface area contributed by atoms with E-state index in [0.717, 1.165) is 18.2 Å². The van der Waals surface area contributed by atoms with E-state index in [1.54, 1.807) is 54.6 Å². The van der Waals surface area contributed by atoms with E-state index in [2.05, 4.69) is 0 Å². The zero-order valence-corrected chi connectivity index (χ0v) is 24.9. The van der Waals surface area contributed by atoms with E-state index in [1.807, 2.05) is 37.3 Å². The fraction of sp³-hybridized carbons (Fsp3) is 0.387. The first kappa shape index (κ1) is 33.6. The summed E-state index contributed by atoms with van der Waals surface area (Å²) in [4.78, 5) is 12.7. The average molecular weight is 639 g/mol. The summed E-state index contributed by atoms with van der Waals surface area (Å²) >= 11 is 0. The van der Waals surface area contributed by atoms with Gasteiger partial charge in [0.25, 0.3) is 0 Å². The maximum Gasteiger partial charge on any atom is 0.523 e. The molecule has 0 radical (unpaired) electrons. The van der Waals surface area contributed by atoms with Crippen molar-refractivity contribution in [2.45, 2.75) is 56.2 Å². The minimum absolute atomic E-state index is 0.0878. The molecule has 0 bridgehead atoms. The van der Waals surface area contributed by atoms with Gasteiger partial charge in [0, 0.05) is 13.5 Å². The SMILES string of the molecule is COC1O[C@](CCOC(=O)c2ccc(C)cc2)(COCc2ccccc2)[C@@H](OCc2ccccc2)[C@@H]1OS(=O)(=O)C(F)(F)F. The second-order valence-corrected chi connectivity index (χ2v) is 11.8. The van der Waals surface area contributed by atoms with Crippen molar-refractivity contribution in [2.24, 2.45) is 0 Å². The molecule has 4 rings (SSSR count). The van der Waals surface area contributed by atoms with Gasteiger partial charge in [-0.2, -0.15) is 21.6 Å². The zero-order valence-electron chi connectivity index (χ0n) is 24.1. The molecule has 0 saturated carbocycles. The van der Waals surface area contributed by atoms with Gasteiger partial charge in [-0.1, -0.05) is 78.4 Å². The van der Waals surface area contributed by atoms with E-state index in [4.69, 9.17) is 27.9 Å². The van der Waals surface area contributed by atoms with Gasteiger partial charge in [0.1, 0.15) is 11.7 Å². The van der Waals surface area contributed by atoms with Gasteiger partial charge < -0.3 is 23.7 Å². The van der Waals surface area contributed by atoms with Gasteiger partial charge in [-0.15, -0.1) is 0 Å². The van der Waals surface area contributed by atoms with Crippen LogP contribution in [-0.2, 0) is 51.2 Å². The maximum absolute atomic E-state index is 13.4. The lowest BCUT2D eigenvalue weighted by atomic mass is 9.92. The lowest BCUT2D eigenvalue weighted by Crippen LogP contribution is -2.51. The van der Waals surface area contributed by atoms with E-state index in [9.17, 15) is 26.4 Å². The van der Waals surface area contributed by atoms with Crippen molar-refractivity contribution >= 4 is 16.1 Å². The third kappa shape index (κ3) is 8.43. The molecule has 13 heteroatoms. The Balaban J connectivity index is 1.64. The molecule has 1 heterocycles. The number of ether oxygens (including phenoxy) is 5. The number of alkyl halides is 3. The summed E-state index contributed by atoms with van der Waals surface area (Å²) in [5.74, 6) is -0.638. The number of methoxy groups -OCH3 is 1. The van der Waals surface area contributed by atoms with Crippen LogP contribution >= 0.6 is 0 Å². The molecule has 4 atom stereocenters. The minimum Gasteiger partial charge on any atom is -0.462 e. The Bertz CT molecular complexity index is 1450. The van der Waals surface area contributed by atoms with Crippen molar-refractivity contribution in [3.8, 4) is 0 Å². The van der Waals surface area contributed by atoms with Crippen LogP contribution in [0.1, 0.15) is 33.5 Å². The smallest absolute Gasteiger partial charge is 0.462 e. The highest BCUT2D eigenvalue weighted by atomic mass is 32.2. The van der Waals surface area contributed by atoms with Gasteiger partial charge in [0.15, 0.2) is 12.4 Å². The molecule has 9 nitrogen and oxygen atoms in total. The highest BCUT2D eigenvalue weighted by Crippen LogP contribution is 2.41. The summed E-state index contributed by atoms with van der Waals surface area (Å²) in [7, 11) is -4.96. The number of hydrogen-bond acceptors (Lipinski definition) is 9. The third-order valence-electron chi connectivity index (χ3n) is 6.97. The molecule has 0 N–H and O–H groups in total. The highest BCUT2D eigenvalue weighted by Gasteiger charge is 2.61. The molecule has 3 aromatic rings. The van der Waals surface area contributed by atoms with Gasteiger partial charge in [-0.05, 0) is 30.2 Å². The summed E-state index contributed by atoms with van der Waals surface area (Å²) < 4.78 is 98.2. The van der Waals surface area contributed by atoms with Crippen LogP contribution in [0.15, 0.2) is 84.9 Å². The summed E-state index contributed by atoms with van der Waals surface area (Å²) in [5, 5.41) is 0. The topological polar surface area (TPSA) is 107 Å². The average Bonchev–Trinajstić information content (AvgIpc) is 3.28. The van der Waals surface area contributed by atoms with E-state index < -0.39 is 45.7 Å². The van der Waals surface area contributed by atoms with Crippen molar-refractivity contribution in [1.82, 2.24) is 0 Å². The molecule has 0 spiro atoms. The second kappa shape index (κ2) is 14.6. The van der Waals surface area contributed by atoms with E-state index in [0.29, 0.717) is 11.1 Å². The van der Waals surface area contributed by atoms with Crippen LogP contribution in [0.4, 0.5) is 13.2 Å². The largest absolute Gasteiger partial charge is 0.523 e. The number of rotatable bonds is 14. The third-order valence-corrected chi connectivity index (χ3v) is 8.01. The molecule has 1 aliphatic rings. The Morgan fingerprint density at radius 3 is 2.07 bits per heavy atom. The molecular formula is C31H33F3O9S. The Kier molecular flexibility index (Phi) is 11.2. The van der Waals surface area contributed by atoms with Crippen LogP contribution in [-0.4, -0.2) is 64.3 Å². The monoisotopic (exact) mass is 638 g/mol. The molecule has 44 heavy (non-hydrogen) atoms. The lowest BCUT2D eigenvalue weighted by Gasteiger charge is -2.34. The Hall–Kier alpha value is -3.33. The summed E-state index contributed by atoms with van der Waals surface area (Å²) in [5.41, 5.74) is -4.70. The quantitative estimate of drug-likeness (QED) is 0.132. The zero-order chi connectivity index (χ0) is 31.8. The summed E-state index contributed by atoms with van der Waals surface area (Å²) in [6.07, 6.45) is -5.13. The van der Waals surface area contributed by atoms with Gasteiger partial charge >= 0.3 is 21.6 Å². The molecule has 1 fully saturated rings. The summed E-state index contributed by atoms with van der Waals surface area (Å²) in [6.45, 7) is 1.24. The first-order chi connectivity index (χ1) is 20.9.